The molecule has 0 bridgehead atoms. The Hall–Kier alpha value is -2.51. The van der Waals surface area contributed by atoms with Gasteiger partial charge in [-0.3, -0.25) is 4.68 Å². The number of rotatable bonds is 5. The predicted molar refractivity (Wildman–Crippen MR) is 75.4 cm³/mol. The van der Waals surface area contributed by atoms with Gasteiger partial charge in [-0.15, -0.1) is 5.10 Å². The van der Waals surface area contributed by atoms with Crippen molar-refractivity contribution in [3.63, 3.8) is 0 Å². The van der Waals surface area contributed by atoms with Crippen LogP contribution in [0.1, 0.15) is 29.8 Å². The van der Waals surface area contributed by atoms with E-state index in [0.29, 0.717) is 6.54 Å². The van der Waals surface area contributed by atoms with E-state index in [1.54, 1.807) is 13.8 Å². The van der Waals surface area contributed by atoms with E-state index in [9.17, 15) is 18.0 Å². The zero-order valence-electron chi connectivity index (χ0n) is 12.6. The van der Waals surface area contributed by atoms with Gasteiger partial charge in [-0.25, -0.2) is 4.79 Å². The number of carbonyl (C=O) groups excluding carboxylic acids is 1. The van der Waals surface area contributed by atoms with E-state index in [1.165, 1.54) is 29.1 Å². The van der Waals surface area contributed by atoms with E-state index < -0.39 is 23.5 Å². The molecule has 0 saturated carbocycles. The number of aromatic nitrogens is 2. The average molecular weight is 328 g/mol. The monoisotopic (exact) mass is 328 g/mol. The minimum absolute atomic E-state index is 0.0225. The van der Waals surface area contributed by atoms with Crippen molar-refractivity contribution >= 4 is 5.97 Å². The molecule has 124 valence electrons. The fourth-order valence-electron chi connectivity index (χ4n) is 1.88. The third-order valence-corrected chi connectivity index (χ3v) is 2.95. The lowest BCUT2D eigenvalue weighted by molar-refractivity contribution is -0.138. The molecule has 0 unspecified atom stereocenters. The quantitative estimate of drug-likeness (QED) is 0.781. The molecule has 1 aromatic heterocycles. The highest BCUT2D eigenvalue weighted by Gasteiger charge is 2.34. The van der Waals surface area contributed by atoms with E-state index in [1.807, 2.05) is 0 Å². The first-order chi connectivity index (χ1) is 10.9. The van der Waals surface area contributed by atoms with Crippen molar-refractivity contribution in [2.75, 3.05) is 6.61 Å². The van der Waals surface area contributed by atoms with Crippen LogP contribution in [0.25, 0.3) is 0 Å². The lowest BCUT2D eigenvalue weighted by Gasteiger charge is -2.12. The van der Waals surface area contributed by atoms with Gasteiger partial charge in [0.1, 0.15) is 11.3 Å². The van der Waals surface area contributed by atoms with Crippen LogP contribution in [0, 0.1) is 0 Å². The molecule has 0 spiro atoms. The van der Waals surface area contributed by atoms with Crippen molar-refractivity contribution in [1.82, 2.24) is 9.78 Å². The first-order valence-electron chi connectivity index (χ1n) is 6.95. The summed E-state index contributed by atoms with van der Waals surface area (Å²) in [5.74, 6) is -1.35. The molecule has 8 heteroatoms. The van der Waals surface area contributed by atoms with Crippen LogP contribution in [-0.4, -0.2) is 22.4 Å². The first-order valence-corrected chi connectivity index (χ1v) is 6.95. The van der Waals surface area contributed by atoms with Crippen molar-refractivity contribution in [1.29, 1.82) is 0 Å². The molecule has 0 aliphatic heterocycles. The molecule has 2 rings (SSSR count). The minimum Gasteiger partial charge on any atom is -0.462 e. The van der Waals surface area contributed by atoms with Crippen LogP contribution in [0.3, 0.4) is 0 Å². The fourth-order valence-corrected chi connectivity index (χ4v) is 1.88. The van der Waals surface area contributed by atoms with Crippen molar-refractivity contribution in [2.24, 2.45) is 0 Å². The van der Waals surface area contributed by atoms with Crippen LogP contribution < -0.4 is 4.74 Å². The Morgan fingerprint density at radius 1 is 1.26 bits per heavy atom. The Kier molecular flexibility index (Phi) is 4.92. The molecule has 0 aliphatic carbocycles. The zero-order valence-corrected chi connectivity index (χ0v) is 12.6. The molecule has 1 aromatic carbocycles. The number of carbonyl (C=O) groups is 1. The Morgan fingerprint density at radius 2 is 1.96 bits per heavy atom. The Balaban J connectivity index is 2.41. The van der Waals surface area contributed by atoms with Crippen LogP contribution >= 0.6 is 0 Å². The van der Waals surface area contributed by atoms with Crippen LogP contribution in [-0.2, 0) is 17.5 Å². The van der Waals surface area contributed by atoms with Crippen LogP contribution in [0.5, 0.6) is 11.6 Å². The zero-order chi connectivity index (χ0) is 17.0. The number of nitrogens with zero attached hydrogens (tertiary/aromatic N) is 2. The Bertz CT molecular complexity index is 696. The number of alkyl halides is 3. The number of esters is 1. The maximum Gasteiger partial charge on any atom is 0.419 e. The Morgan fingerprint density at radius 3 is 2.57 bits per heavy atom. The van der Waals surface area contributed by atoms with Crippen LogP contribution in [0.4, 0.5) is 13.2 Å². The van der Waals surface area contributed by atoms with E-state index >= 15 is 0 Å². The summed E-state index contributed by atoms with van der Waals surface area (Å²) in [5.41, 5.74) is -0.966. The smallest absolute Gasteiger partial charge is 0.419 e. The lowest BCUT2D eigenvalue weighted by Crippen LogP contribution is -2.08. The summed E-state index contributed by atoms with van der Waals surface area (Å²) in [5, 5.41) is 3.98. The normalized spacial score (nSPS) is 11.3. The highest BCUT2D eigenvalue weighted by Crippen LogP contribution is 2.38. The van der Waals surface area contributed by atoms with Gasteiger partial charge in [-0.1, -0.05) is 12.1 Å². The van der Waals surface area contributed by atoms with Crippen molar-refractivity contribution in [3.8, 4) is 11.6 Å². The van der Waals surface area contributed by atoms with E-state index in [-0.39, 0.29) is 18.1 Å². The summed E-state index contributed by atoms with van der Waals surface area (Å²) in [6.45, 7) is 3.96. The molecule has 0 aliphatic rings. The maximum absolute atomic E-state index is 13.0. The molecule has 2 aromatic rings. The maximum atomic E-state index is 13.0. The molecule has 0 fully saturated rings. The third-order valence-electron chi connectivity index (χ3n) is 2.95. The molecule has 23 heavy (non-hydrogen) atoms. The standard InChI is InChI=1S/C15H15F3N2O3/c1-3-20-9-10(14(21)22-4-2)13(19-20)23-12-8-6-5-7-11(12)15(16,17)18/h5-9H,3-4H2,1-2H3. The number of benzene rings is 1. The van der Waals surface area contributed by atoms with Gasteiger partial charge >= 0.3 is 12.1 Å². The van der Waals surface area contributed by atoms with Gasteiger partial charge in [0.2, 0.25) is 0 Å². The van der Waals surface area contributed by atoms with Gasteiger partial charge in [0.05, 0.1) is 12.2 Å². The topological polar surface area (TPSA) is 53.4 Å². The molecule has 0 saturated heterocycles. The van der Waals surface area contributed by atoms with Gasteiger partial charge in [0, 0.05) is 12.7 Å². The second-order valence-electron chi connectivity index (χ2n) is 4.52. The lowest BCUT2D eigenvalue weighted by atomic mass is 10.2. The molecule has 0 N–H and O–H groups in total. The van der Waals surface area contributed by atoms with Crippen molar-refractivity contribution in [2.45, 2.75) is 26.6 Å². The third kappa shape index (κ3) is 3.82. The number of aryl methyl sites for hydroxylation is 1. The number of halogens is 3. The fraction of sp³-hybridized carbons (Fsp3) is 0.333. The average Bonchev–Trinajstić information content (AvgIpc) is 2.90. The Labute approximate surface area is 130 Å². The molecular weight excluding hydrogens is 313 g/mol. The van der Waals surface area contributed by atoms with Gasteiger partial charge in [0.15, 0.2) is 0 Å². The number of ether oxygens (including phenoxy) is 2. The van der Waals surface area contributed by atoms with E-state index in [2.05, 4.69) is 5.10 Å². The van der Waals surface area contributed by atoms with Gasteiger partial charge < -0.3 is 9.47 Å². The van der Waals surface area contributed by atoms with Gasteiger partial charge in [0.25, 0.3) is 5.88 Å². The van der Waals surface area contributed by atoms with Gasteiger partial charge in [-0.05, 0) is 26.0 Å². The summed E-state index contributed by atoms with van der Waals surface area (Å²) in [6.07, 6.45) is -3.20. The summed E-state index contributed by atoms with van der Waals surface area (Å²) >= 11 is 0. The molecule has 0 radical (unpaired) electrons. The molecule has 0 atom stereocenters. The highest BCUT2D eigenvalue weighted by molar-refractivity contribution is 5.91. The molecular formula is C15H15F3N2O3. The second-order valence-corrected chi connectivity index (χ2v) is 4.52. The summed E-state index contributed by atoms with van der Waals surface area (Å²) in [7, 11) is 0. The number of hydrogen-bond donors (Lipinski definition) is 0. The molecule has 0 amide bonds. The van der Waals surface area contributed by atoms with Crippen LogP contribution in [0.2, 0.25) is 0 Å². The van der Waals surface area contributed by atoms with Crippen LogP contribution in [0.15, 0.2) is 30.5 Å². The second kappa shape index (κ2) is 6.72. The SMILES string of the molecule is CCOC(=O)c1cn(CC)nc1Oc1ccccc1C(F)(F)F. The largest absolute Gasteiger partial charge is 0.462 e. The van der Waals surface area contributed by atoms with E-state index in [4.69, 9.17) is 9.47 Å². The van der Waals surface area contributed by atoms with E-state index in [0.717, 1.165) is 6.07 Å². The number of para-hydroxylation sites is 1. The molecule has 5 nitrogen and oxygen atoms in total. The summed E-state index contributed by atoms with van der Waals surface area (Å²) in [4.78, 5) is 11.9. The highest BCUT2D eigenvalue weighted by atomic mass is 19.4. The summed E-state index contributed by atoms with van der Waals surface area (Å²) < 4.78 is 50.5. The first kappa shape index (κ1) is 16.9. The van der Waals surface area contributed by atoms with Gasteiger partial charge in [-0.2, -0.15) is 13.2 Å². The minimum atomic E-state index is -4.58. The summed E-state index contributed by atoms with van der Waals surface area (Å²) in [6, 6.07) is 4.73. The van der Waals surface area contributed by atoms with Crippen molar-refractivity contribution < 1.29 is 27.4 Å². The predicted octanol–water partition coefficient (Wildman–Crippen LogP) is 3.89. The van der Waals surface area contributed by atoms with Crippen molar-refractivity contribution in [3.05, 3.63) is 41.6 Å². The number of hydrogen-bond acceptors (Lipinski definition) is 4. The molecule has 1 heterocycles.